The number of nitrogens with zero attached hydrogens (tertiary/aromatic N) is 8. The molecule has 0 radical (unpaired) electrons. The Kier molecular flexibility index (Phi) is 8.48. The van der Waals surface area contributed by atoms with Crippen molar-refractivity contribution in [3.63, 3.8) is 0 Å². The molecule has 228 valence electrons. The van der Waals surface area contributed by atoms with E-state index in [4.69, 9.17) is 31.3 Å². The zero-order chi connectivity index (χ0) is 31.7. The quantitative estimate of drug-likeness (QED) is 0.253. The molecule has 0 aliphatic carbocycles. The Bertz CT molecular complexity index is 1900. The van der Waals surface area contributed by atoms with Gasteiger partial charge in [0.15, 0.2) is 11.6 Å². The molecular weight excluding hydrogens is 595 g/mol. The van der Waals surface area contributed by atoms with Crippen molar-refractivity contribution in [2.45, 2.75) is 31.3 Å². The van der Waals surface area contributed by atoms with Gasteiger partial charge in [-0.15, -0.1) is 0 Å². The molecule has 45 heavy (non-hydrogen) atoms. The Morgan fingerprint density at radius 2 is 1.91 bits per heavy atom. The summed E-state index contributed by atoms with van der Waals surface area (Å²) in [4.78, 5) is 32.2. The van der Waals surface area contributed by atoms with Gasteiger partial charge in [-0.25, -0.2) is 9.37 Å². The fourth-order valence-corrected chi connectivity index (χ4v) is 6.55. The Hall–Kier alpha value is -4.84. The second-order valence-electron chi connectivity index (χ2n) is 11.3. The van der Waals surface area contributed by atoms with Crippen molar-refractivity contribution in [1.82, 2.24) is 24.8 Å². The van der Waals surface area contributed by atoms with Gasteiger partial charge in [-0.2, -0.15) is 20.5 Å². The van der Waals surface area contributed by atoms with Gasteiger partial charge in [0.05, 0.1) is 24.1 Å². The lowest BCUT2D eigenvalue weighted by Crippen LogP contribution is -2.55. The maximum absolute atomic E-state index is 13.8. The summed E-state index contributed by atoms with van der Waals surface area (Å²) >= 11 is 6.65. The first-order valence-corrected chi connectivity index (χ1v) is 15.1. The van der Waals surface area contributed by atoms with E-state index in [0.717, 1.165) is 35.7 Å². The number of hydrogen-bond donors (Lipinski definition) is 0. The van der Waals surface area contributed by atoms with Gasteiger partial charge in [0.2, 0.25) is 0 Å². The van der Waals surface area contributed by atoms with Crippen molar-refractivity contribution < 1.29 is 13.9 Å². The van der Waals surface area contributed by atoms with Crippen LogP contribution in [-0.2, 0) is 4.79 Å². The topological polar surface area (TPSA) is 122 Å². The number of nitriles is 2. The van der Waals surface area contributed by atoms with E-state index in [1.54, 1.807) is 12.3 Å². The number of aromatic nitrogens is 3. The average molecular weight is 625 g/mol. The number of halogens is 2. The lowest BCUT2D eigenvalue weighted by molar-refractivity contribution is -0.131. The monoisotopic (exact) mass is 624 g/mol. The number of piperazine rings is 1. The highest BCUT2D eigenvalue weighted by Gasteiger charge is 2.34. The normalized spacial score (nSPS) is 18.6. The summed E-state index contributed by atoms with van der Waals surface area (Å²) in [5, 5.41) is 22.3. The summed E-state index contributed by atoms with van der Waals surface area (Å²) in [6.45, 7) is 5.10. The van der Waals surface area contributed by atoms with Gasteiger partial charge >= 0.3 is 6.01 Å². The molecule has 4 aromatic rings. The third-order valence-electron chi connectivity index (χ3n) is 8.61. The SMILES string of the molecule is C=C(F)C(=O)N1CCN(c2nc(OCC3CCCN3C)nc3c(C#N)c(-c4cccc5cccc(Cl)c45)cnc23)C[C@@H]1CC#N. The van der Waals surface area contributed by atoms with E-state index in [2.05, 4.69) is 30.7 Å². The number of hydrogen-bond acceptors (Lipinski definition) is 9. The third-order valence-corrected chi connectivity index (χ3v) is 8.92. The van der Waals surface area contributed by atoms with Crippen LogP contribution in [0.25, 0.3) is 32.9 Å². The van der Waals surface area contributed by atoms with Crippen molar-refractivity contribution in [1.29, 1.82) is 10.5 Å². The Morgan fingerprint density at radius 1 is 1.11 bits per heavy atom. The number of amides is 1. The van der Waals surface area contributed by atoms with Gasteiger partial charge in [-0.1, -0.05) is 48.5 Å². The van der Waals surface area contributed by atoms with E-state index in [0.29, 0.717) is 34.0 Å². The first kappa shape index (κ1) is 30.2. The molecular formula is C33H30ClFN8O2. The molecule has 4 heterocycles. The maximum atomic E-state index is 13.8. The molecule has 2 fully saturated rings. The number of carbonyl (C=O) groups excluding carboxylic acids is 1. The summed E-state index contributed by atoms with van der Waals surface area (Å²) in [6, 6.07) is 15.5. The van der Waals surface area contributed by atoms with E-state index in [1.807, 2.05) is 35.2 Å². The van der Waals surface area contributed by atoms with Gasteiger partial charge in [-0.3, -0.25) is 4.79 Å². The summed E-state index contributed by atoms with van der Waals surface area (Å²) in [5.41, 5.74) is 2.28. The Labute approximate surface area is 264 Å². The predicted octanol–water partition coefficient (Wildman–Crippen LogP) is 5.26. The fraction of sp³-hybridized carbons (Fsp3) is 0.333. The number of benzene rings is 2. The molecule has 0 bridgehead atoms. The number of rotatable bonds is 7. The lowest BCUT2D eigenvalue weighted by Gasteiger charge is -2.41. The molecule has 0 saturated carbocycles. The van der Waals surface area contributed by atoms with Crippen molar-refractivity contribution in [2.75, 3.05) is 44.7 Å². The van der Waals surface area contributed by atoms with Crippen LogP contribution in [0.1, 0.15) is 24.8 Å². The first-order valence-electron chi connectivity index (χ1n) is 14.7. The van der Waals surface area contributed by atoms with Crippen LogP contribution >= 0.6 is 11.6 Å². The molecule has 2 aromatic carbocycles. The summed E-state index contributed by atoms with van der Waals surface area (Å²) in [5.74, 6) is -1.51. The van der Waals surface area contributed by atoms with Gasteiger partial charge in [0, 0.05) is 47.8 Å². The highest BCUT2D eigenvalue weighted by Crippen LogP contribution is 2.38. The minimum absolute atomic E-state index is 0.0151. The zero-order valence-electron chi connectivity index (χ0n) is 24.7. The van der Waals surface area contributed by atoms with Crippen molar-refractivity contribution in [3.8, 4) is 29.3 Å². The van der Waals surface area contributed by atoms with E-state index < -0.39 is 17.8 Å². The standard InChI is InChI=1S/C33H30ClFN8O2/c1-20(35)32(44)43-15-14-42(18-22(43)11-12-36)31-30-29(39-33(40-31)45-19-23-8-5-13-41(23)2)25(16-37)26(17-38-30)24-9-3-6-21-7-4-10-27(34)28(21)24/h3-4,6-7,9-10,17,22-23H,1,5,8,11,13-15,18-19H2,2H3/t22-,23?/m0/s1. The predicted molar refractivity (Wildman–Crippen MR) is 169 cm³/mol. The third kappa shape index (κ3) is 5.73. The lowest BCUT2D eigenvalue weighted by atomic mass is 9.95. The van der Waals surface area contributed by atoms with E-state index in [9.17, 15) is 19.7 Å². The molecule has 10 nitrogen and oxygen atoms in total. The number of ether oxygens (including phenoxy) is 1. The first-order chi connectivity index (χ1) is 21.8. The summed E-state index contributed by atoms with van der Waals surface area (Å²) < 4.78 is 20.0. The molecule has 2 aliphatic heterocycles. The van der Waals surface area contributed by atoms with Crippen molar-refractivity contribution in [3.05, 3.63) is 65.6 Å². The summed E-state index contributed by atoms with van der Waals surface area (Å²) in [7, 11) is 2.05. The Balaban J connectivity index is 1.48. The minimum atomic E-state index is -1.08. The molecule has 2 aliphatic rings. The minimum Gasteiger partial charge on any atom is -0.462 e. The highest BCUT2D eigenvalue weighted by atomic mass is 35.5. The molecule has 12 heteroatoms. The molecule has 0 spiro atoms. The van der Waals surface area contributed by atoms with Gasteiger partial charge in [0.25, 0.3) is 5.91 Å². The largest absolute Gasteiger partial charge is 0.462 e. The molecule has 1 unspecified atom stereocenters. The van der Waals surface area contributed by atoms with Crippen LogP contribution in [0, 0.1) is 22.7 Å². The molecule has 6 rings (SSSR count). The van der Waals surface area contributed by atoms with Crippen LogP contribution in [0.5, 0.6) is 6.01 Å². The van der Waals surface area contributed by atoms with Crippen LogP contribution < -0.4 is 9.64 Å². The molecule has 2 aromatic heterocycles. The number of likely N-dealkylation sites (tertiary alicyclic amines) is 1. The second-order valence-corrected chi connectivity index (χ2v) is 11.7. The molecule has 1 amide bonds. The number of carbonyl (C=O) groups is 1. The van der Waals surface area contributed by atoms with E-state index in [-0.39, 0.29) is 43.7 Å². The summed E-state index contributed by atoms with van der Waals surface area (Å²) in [6.07, 6.45) is 3.67. The van der Waals surface area contributed by atoms with Gasteiger partial charge < -0.3 is 19.4 Å². The van der Waals surface area contributed by atoms with Crippen molar-refractivity contribution in [2.24, 2.45) is 0 Å². The number of likely N-dealkylation sites (N-methyl/N-ethyl adjacent to an activating group) is 1. The Morgan fingerprint density at radius 3 is 2.62 bits per heavy atom. The van der Waals surface area contributed by atoms with Crippen molar-refractivity contribution >= 4 is 45.1 Å². The highest BCUT2D eigenvalue weighted by molar-refractivity contribution is 6.36. The van der Waals surface area contributed by atoms with Crippen LogP contribution in [0.4, 0.5) is 10.2 Å². The van der Waals surface area contributed by atoms with Crippen LogP contribution in [0.2, 0.25) is 5.02 Å². The zero-order valence-corrected chi connectivity index (χ0v) is 25.5. The fourth-order valence-electron chi connectivity index (χ4n) is 6.27. The maximum Gasteiger partial charge on any atom is 0.319 e. The number of pyridine rings is 1. The van der Waals surface area contributed by atoms with Gasteiger partial charge in [0.1, 0.15) is 23.7 Å². The second kappa shape index (κ2) is 12.6. The molecule has 2 atom stereocenters. The van der Waals surface area contributed by atoms with Crippen LogP contribution in [-0.4, -0.2) is 82.6 Å². The van der Waals surface area contributed by atoms with Crippen LogP contribution in [0.3, 0.4) is 0 Å². The van der Waals surface area contributed by atoms with Gasteiger partial charge in [-0.05, 0) is 43.5 Å². The number of fused-ring (bicyclic) bond motifs is 2. The van der Waals surface area contributed by atoms with Crippen LogP contribution in [0.15, 0.2) is 55.0 Å². The smallest absolute Gasteiger partial charge is 0.319 e. The molecule has 0 N–H and O–H groups in total. The average Bonchev–Trinajstić information content (AvgIpc) is 3.46. The van der Waals surface area contributed by atoms with E-state index >= 15 is 0 Å². The molecule has 2 saturated heterocycles. The number of anilines is 1. The van der Waals surface area contributed by atoms with E-state index in [1.165, 1.54) is 4.90 Å².